The Morgan fingerprint density at radius 3 is 2.31 bits per heavy atom. The monoisotopic (exact) mass is 727 g/mol. The van der Waals surface area contributed by atoms with Crippen LogP contribution in [0.25, 0.3) is 10.4 Å². The lowest BCUT2D eigenvalue weighted by molar-refractivity contribution is -0.295. The zero-order valence-electron chi connectivity index (χ0n) is 31.3. The number of aliphatic hydroxyl groups excluding tert-OH is 1. The number of azide groups is 1. The molecule has 3 rings (SSSR count). The molecule has 3 fully saturated rings. The fourth-order valence-corrected chi connectivity index (χ4v) is 7.59. The number of unbranched alkanes of at least 4 members (excludes halogenated alkanes) is 1. The van der Waals surface area contributed by atoms with Gasteiger partial charge in [-0.05, 0) is 79.4 Å². The van der Waals surface area contributed by atoms with E-state index < -0.39 is 94.8 Å². The Morgan fingerprint density at radius 2 is 1.75 bits per heavy atom. The molecule has 0 aliphatic carbocycles. The summed E-state index contributed by atoms with van der Waals surface area (Å²) in [6.45, 7) is 9.84. The van der Waals surface area contributed by atoms with E-state index in [-0.39, 0.29) is 38.5 Å². The van der Waals surface area contributed by atoms with Crippen LogP contribution in [0.2, 0.25) is 0 Å². The number of ether oxygens (including phenoxy) is 5. The van der Waals surface area contributed by atoms with Gasteiger partial charge >= 0.3 is 12.1 Å². The van der Waals surface area contributed by atoms with Crippen LogP contribution in [0.15, 0.2) is 5.11 Å². The number of cyclic esters (lactones) is 1. The molecule has 0 spiro atoms. The number of hydrogen-bond acceptors (Lipinski definition) is 13. The highest BCUT2D eigenvalue weighted by Crippen LogP contribution is 2.41. The molecule has 3 aliphatic heterocycles. The molecular formula is C34H54FN5O11. The van der Waals surface area contributed by atoms with Gasteiger partial charge in [-0.25, -0.2) is 14.0 Å². The number of methoxy groups -OCH3 is 1. The summed E-state index contributed by atoms with van der Waals surface area (Å²) in [5.41, 5.74) is 1.78. The zero-order valence-corrected chi connectivity index (χ0v) is 31.3. The average molecular weight is 728 g/mol. The molecule has 1 N–H and O–H groups in total. The van der Waals surface area contributed by atoms with Crippen LogP contribution in [0.4, 0.5) is 9.18 Å². The first-order chi connectivity index (χ1) is 23.7. The molecule has 3 saturated heterocycles. The van der Waals surface area contributed by atoms with Gasteiger partial charge in [-0.1, -0.05) is 25.9 Å². The van der Waals surface area contributed by atoms with Crippen LogP contribution in [-0.2, 0) is 42.9 Å². The fraction of sp³-hybridized carbons (Fsp3) is 0.853. The third-order valence-electron chi connectivity index (χ3n) is 10.6. The summed E-state index contributed by atoms with van der Waals surface area (Å²) in [6, 6.07) is -1.99. The number of carbonyl (C=O) groups excluding carboxylic acids is 5. The van der Waals surface area contributed by atoms with Crippen LogP contribution >= 0.6 is 0 Å². The van der Waals surface area contributed by atoms with Gasteiger partial charge in [0, 0.05) is 43.0 Å². The van der Waals surface area contributed by atoms with Crippen molar-refractivity contribution in [3.63, 3.8) is 0 Å². The number of carbonyl (C=O) groups is 5. The first kappa shape index (κ1) is 42.2. The molecule has 51 heavy (non-hydrogen) atoms. The normalized spacial score (nSPS) is 40.0. The van der Waals surface area contributed by atoms with Crippen molar-refractivity contribution in [1.82, 2.24) is 9.80 Å². The Morgan fingerprint density at radius 1 is 1.10 bits per heavy atom. The molecule has 3 heterocycles. The number of likely N-dealkylation sites (N-methyl/N-ethyl adjacent to an activating group) is 1. The van der Waals surface area contributed by atoms with Crippen molar-refractivity contribution >= 4 is 29.4 Å². The SMILES string of the molecule is CC[C@H]1OC(=O)[C@@](C)(F)C(=O)[C@H](C)[C@@H](O[C@@H]2OC(C)CC(N(C)C)C2O)[C@](C)(OC)C[C@@H](C)C(=O)C(=O)[C@H]2N(CCCCN=[N+]=[N-])C(=O)O[C@]12C. The predicted molar refractivity (Wildman–Crippen MR) is 179 cm³/mol. The molecule has 17 heteroatoms. The van der Waals surface area contributed by atoms with Crippen LogP contribution in [-0.4, -0.2) is 138 Å². The van der Waals surface area contributed by atoms with Gasteiger partial charge in [0.15, 0.2) is 17.7 Å². The number of hydrogen-bond donors (Lipinski definition) is 1. The van der Waals surface area contributed by atoms with Crippen molar-refractivity contribution < 1.29 is 57.2 Å². The van der Waals surface area contributed by atoms with Crippen molar-refractivity contribution in [2.45, 2.75) is 140 Å². The van der Waals surface area contributed by atoms with Crippen LogP contribution in [0.5, 0.6) is 0 Å². The van der Waals surface area contributed by atoms with E-state index in [4.69, 9.17) is 29.2 Å². The number of nitrogens with zero attached hydrogens (tertiary/aromatic N) is 5. The highest BCUT2D eigenvalue weighted by molar-refractivity contribution is 6.40. The van der Waals surface area contributed by atoms with Gasteiger partial charge in [0.1, 0.15) is 18.2 Å². The van der Waals surface area contributed by atoms with E-state index >= 15 is 4.39 Å². The smallest absolute Gasteiger partial charge is 0.411 e. The molecule has 3 unspecified atom stereocenters. The Bertz CT molecular complexity index is 1380. The number of ketones is 3. The quantitative estimate of drug-likeness (QED) is 0.0654. The second-order valence-electron chi connectivity index (χ2n) is 14.7. The number of alkyl halides is 1. The second-order valence-corrected chi connectivity index (χ2v) is 14.7. The summed E-state index contributed by atoms with van der Waals surface area (Å²) in [6.07, 6.45) is -5.98. The van der Waals surface area contributed by atoms with E-state index in [1.54, 1.807) is 32.8 Å². The van der Waals surface area contributed by atoms with Gasteiger partial charge in [-0.15, -0.1) is 0 Å². The third-order valence-corrected chi connectivity index (χ3v) is 10.6. The third kappa shape index (κ3) is 8.55. The maximum atomic E-state index is 16.6. The maximum Gasteiger partial charge on any atom is 0.411 e. The lowest BCUT2D eigenvalue weighted by atomic mass is 9.75. The van der Waals surface area contributed by atoms with Crippen LogP contribution in [0, 0.1) is 11.8 Å². The van der Waals surface area contributed by atoms with Crippen molar-refractivity contribution in [3.8, 4) is 0 Å². The number of halogens is 1. The van der Waals surface area contributed by atoms with Gasteiger partial charge in [-0.3, -0.25) is 19.3 Å². The standard InChI is InChI=1S/C34H54FN5O11/c1-11-22-34(7)26(40(31(46)51-34)15-13-12-14-37-38-36)25(43)23(41)18(2)17-32(5,47-10)28(20(4)27(44)33(6,35)30(45)49-22)50-29-24(42)21(39(8)9)16-19(3)48-29/h18-22,24,26,28-29,42H,11-17H2,1-10H3/t18-,19?,20+,21?,22-,24?,26-,28-,29+,32-,33+,34-/m1/s1. The Balaban J connectivity index is 2.15. The molecule has 0 aromatic heterocycles. The first-order valence-corrected chi connectivity index (χ1v) is 17.4. The molecule has 0 aromatic rings. The van der Waals surface area contributed by atoms with Crippen LogP contribution < -0.4 is 0 Å². The van der Waals surface area contributed by atoms with Crippen molar-refractivity contribution in [1.29, 1.82) is 0 Å². The van der Waals surface area contributed by atoms with Crippen molar-refractivity contribution in [2.75, 3.05) is 34.3 Å². The number of Topliss-reactive ketones (excluding diaryl/α,β-unsaturated/α-hetero) is 3. The largest absolute Gasteiger partial charge is 0.455 e. The van der Waals surface area contributed by atoms with E-state index in [1.807, 2.05) is 0 Å². The maximum absolute atomic E-state index is 16.6. The number of esters is 1. The molecule has 288 valence electrons. The minimum atomic E-state index is -3.26. The van der Waals surface area contributed by atoms with Crippen LogP contribution in [0.1, 0.15) is 80.6 Å². The molecule has 0 aromatic carbocycles. The summed E-state index contributed by atoms with van der Waals surface area (Å²) < 4.78 is 46.1. The molecule has 1 amide bonds. The summed E-state index contributed by atoms with van der Waals surface area (Å²) in [5, 5.41) is 14.8. The summed E-state index contributed by atoms with van der Waals surface area (Å²) in [4.78, 5) is 74.9. The van der Waals surface area contributed by atoms with Gasteiger partial charge in [-0.2, -0.15) is 0 Å². The van der Waals surface area contributed by atoms with E-state index in [9.17, 15) is 29.1 Å². The number of fused-ring (bicyclic) bond motifs is 1. The summed E-state index contributed by atoms with van der Waals surface area (Å²) in [5.74, 6) is -7.26. The molecule has 0 radical (unpaired) electrons. The first-order valence-electron chi connectivity index (χ1n) is 17.4. The Hall–Kier alpha value is -3.21. The van der Waals surface area contributed by atoms with E-state index in [2.05, 4.69) is 10.0 Å². The van der Waals surface area contributed by atoms with E-state index in [0.717, 1.165) is 11.8 Å². The van der Waals surface area contributed by atoms with Crippen molar-refractivity contribution in [2.24, 2.45) is 17.0 Å². The predicted octanol–water partition coefficient (Wildman–Crippen LogP) is 3.31. The Labute approximate surface area is 298 Å². The summed E-state index contributed by atoms with van der Waals surface area (Å²) >= 11 is 0. The topological polar surface area (TPSA) is 207 Å². The number of rotatable bonds is 10. The number of amides is 1. The van der Waals surface area contributed by atoms with Crippen LogP contribution in [0.3, 0.4) is 0 Å². The molecular weight excluding hydrogens is 673 g/mol. The minimum absolute atomic E-state index is 0.0730. The number of aliphatic hydroxyl groups is 1. The lowest BCUT2D eigenvalue weighted by Crippen LogP contribution is -2.62. The van der Waals surface area contributed by atoms with E-state index in [0.29, 0.717) is 12.8 Å². The van der Waals surface area contributed by atoms with Gasteiger partial charge in [0.25, 0.3) is 5.67 Å². The average Bonchev–Trinajstić information content (AvgIpc) is 3.33. The molecule has 0 saturated carbocycles. The van der Waals surface area contributed by atoms with E-state index in [1.165, 1.54) is 34.8 Å². The highest BCUT2D eigenvalue weighted by atomic mass is 19.1. The second kappa shape index (κ2) is 16.6. The zero-order chi connectivity index (χ0) is 38.6. The lowest BCUT2D eigenvalue weighted by Gasteiger charge is -2.47. The fourth-order valence-electron chi connectivity index (χ4n) is 7.59. The highest BCUT2D eigenvalue weighted by Gasteiger charge is 2.62. The van der Waals surface area contributed by atoms with Crippen molar-refractivity contribution in [3.05, 3.63) is 10.4 Å². The van der Waals surface area contributed by atoms with Gasteiger partial charge in [0.05, 0.1) is 17.8 Å². The summed E-state index contributed by atoms with van der Waals surface area (Å²) in [7, 11) is 4.86. The molecule has 3 aliphatic rings. The van der Waals surface area contributed by atoms with Gasteiger partial charge < -0.3 is 33.7 Å². The minimum Gasteiger partial charge on any atom is -0.455 e. The molecule has 12 atom stereocenters. The Kier molecular flexibility index (Phi) is 13.8. The molecule has 16 nitrogen and oxygen atoms in total. The molecule has 0 bridgehead atoms. The van der Waals surface area contributed by atoms with Gasteiger partial charge in [0.2, 0.25) is 11.6 Å².